The minimum Gasteiger partial charge on any atom is -0.361 e. The van der Waals surface area contributed by atoms with Crippen LogP contribution in [0.5, 0.6) is 0 Å². The van der Waals surface area contributed by atoms with E-state index in [9.17, 15) is 0 Å². The molecule has 0 spiro atoms. The lowest BCUT2D eigenvalue weighted by atomic mass is 10.0. The van der Waals surface area contributed by atoms with E-state index in [-0.39, 0.29) is 6.04 Å². The molecule has 0 aliphatic rings. The smallest absolute Gasteiger partial charge is 0.224 e. The van der Waals surface area contributed by atoms with Crippen molar-refractivity contribution >= 4 is 39.0 Å². The predicted molar refractivity (Wildman–Crippen MR) is 84.8 cm³/mol. The molecule has 0 fully saturated rings. The van der Waals surface area contributed by atoms with Gasteiger partial charge >= 0.3 is 0 Å². The van der Waals surface area contributed by atoms with E-state index in [1.807, 2.05) is 7.05 Å². The molecule has 2 aromatic heterocycles. The Bertz CT molecular complexity index is 527. The number of hydrogen-bond donors (Lipinski definition) is 2. The van der Waals surface area contributed by atoms with Crippen LogP contribution in [-0.4, -0.2) is 17.0 Å². The molecule has 2 aromatic rings. The normalized spacial score (nSPS) is 12.5. The zero-order valence-electron chi connectivity index (χ0n) is 11.1. The molecule has 2 heterocycles. The van der Waals surface area contributed by atoms with E-state index in [4.69, 9.17) is 0 Å². The first-order valence-corrected chi connectivity index (χ1v) is 7.79. The Morgan fingerprint density at radius 1 is 1.37 bits per heavy atom. The van der Waals surface area contributed by atoms with Crippen LogP contribution >= 0.6 is 27.3 Å². The molecule has 2 N–H and O–H groups in total. The molecular weight excluding hydrogens is 324 g/mol. The third-order valence-corrected chi connectivity index (χ3v) is 4.31. The zero-order chi connectivity index (χ0) is 13.8. The summed E-state index contributed by atoms with van der Waals surface area (Å²) in [6, 6.07) is 4.47. The van der Waals surface area contributed by atoms with Gasteiger partial charge in [-0.3, -0.25) is 0 Å². The number of aromatic nitrogens is 2. The molecule has 0 amide bonds. The highest BCUT2D eigenvalue weighted by molar-refractivity contribution is 9.10. The molecule has 2 rings (SSSR count). The molecule has 0 aromatic carbocycles. The summed E-state index contributed by atoms with van der Waals surface area (Å²) in [5, 5.41) is 8.55. The van der Waals surface area contributed by atoms with Gasteiger partial charge in [0.15, 0.2) is 0 Å². The minimum absolute atomic E-state index is 0.246. The average Bonchev–Trinajstić information content (AvgIpc) is 2.91. The number of hydrogen-bond acceptors (Lipinski definition) is 5. The maximum Gasteiger partial charge on any atom is 0.224 e. The lowest BCUT2D eigenvalue weighted by Crippen LogP contribution is -2.17. The minimum atomic E-state index is 0.246. The molecule has 0 saturated carbocycles. The van der Waals surface area contributed by atoms with Crippen molar-refractivity contribution in [3.05, 3.63) is 33.1 Å². The van der Waals surface area contributed by atoms with Crippen molar-refractivity contribution in [1.29, 1.82) is 0 Å². The van der Waals surface area contributed by atoms with Gasteiger partial charge in [-0.25, -0.2) is 4.98 Å². The lowest BCUT2D eigenvalue weighted by Gasteiger charge is -2.22. The van der Waals surface area contributed by atoms with E-state index in [2.05, 4.69) is 67.9 Å². The maximum absolute atomic E-state index is 4.45. The largest absolute Gasteiger partial charge is 0.361 e. The monoisotopic (exact) mass is 340 g/mol. The molecule has 0 radical (unpaired) electrons. The number of thiophene rings is 1. The van der Waals surface area contributed by atoms with Crippen LogP contribution in [0.3, 0.4) is 0 Å². The molecule has 4 nitrogen and oxygen atoms in total. The highest BCUT2D eigenvalue weighted by Crippen LogP contribution is 2.31. The number of nitrogens with zero attached hydrogens (tertiary/aromatic N) is 2. The fourth-order valence-corrected chi connectivity index (χ4v) is 3.03. The van der Waals surface area contributed by atoms with Gasteiger partial charge in [0.2, 0.25) is 5.95 Å². The van der Waals surface area contributed by atoms with E-state index >= 15 is 0 Å². The first-order chi connectivity index (χ1) is 9.11. The van der Waals surface area contributed by atoms with Crippen LogP contribution in [0.25, 0.3) is 0 Å². The molecule has 0 bridgehead atoms. The number of halogens is 1. The summed E-state index contributed by atoms with van der Waals surface area (Å²) in [6.45, 7) is 4.40. The Morgan fingerprint density at radius 2 is 2.16 bits per heavy atom. The van der Waals surface area contributed by atoms with E-state index < -0.39 is 0 Å². The van der Waals surface area contributed by atoms with Crippen molar-refractivity contribution in [3.8, 4) is 0 Å². The highest BCUT2D eigenvalue weighted by atomic mass is 79.9. The molecule has 19 heavy (non-hydrogen) atoms. The van der Waals surface area contributed by atoms with Crippen LogP contribution in [0.2, 0.25) is 0 Å². The summed E-state index contributed by atoms with van der Waals surface area (Å²) in [4.78, 5) is 9.92. The predicted octanol–water partition coefficient (Wildman–Crippen LogP) is 4.15. The van der Waals surface area contributed by atoms with Crippen molar-refractivity contribution in [2.45, 2.75) is 19.9 Å². The van der Waals surface area contributed by atoms with Gasteiger partial charge < -0.3 is 10.6 Å². The SMILES string of the molecule is CNc1ncc(Br)c(NC(c2cccs2)C(C)C)n1. The second kappa shape index (κ2) is 6.34. The molecule has 0 aliphatic heterocycles. The van der Waals surface area contributed by atoms with Gasteiger partial charge in [0.25, 0.3) is 0 Å². The summed E-state index contributed by atoms with van der Waals surface area (Å²) < 4.78 is 0.869. The molecular formula is C13H17BrN4S. The fraction of sp³-hybridized carbons (Fsp3) is 0.385. The molecule has 1 atom stereocenters. The molecule has 102 valence electrons. The average molecular weight is 341 g/mol. The van der Waals surface area contributed by atoms with Crippen molar-refractivity contribution in [2.75, 3.05) is 17.7 Å². The van der Waals surface area contributed by atoms with Gasteiger partial charge in [-0.1, -0.05) is 19.9 Å². The Hall–Kier alpha value is -1.14. The lowest BCUT2D eigenvalue weighted by molar-refractivity contribution is 0.551. The summed E-state index contributed by atoms with van der Waals surface area (Å²) in [6.07, 6.45) is 1.76. The Morgan fingerprint density at radius 3 is 2.74 bits per heavy atom. The van der Waals surface area contributed by atoms with Crippen molar-refractivity contribution in [2.24, 2.45) is 5.92 Å². The van der Waals surface area contributed by atoms with Gasteiger partial charge in [-0.15, -0.1) is 11.3 Å². The second-order valence-electron chi connectivity index (χ2n) is 4.52. The fourth-order valence-electron chi connectivity index (χ4n) is 1.77. The van der Waals surface area contributed by atoms with Crippen LogP contribution in [0.4, 0.5) is 11.8 Å². The third-order valence-electron chi connectivity index (χ3n) is 2.78. The topological polar surface area (TPSA) is 49.8 Å². The van der Waals surface area contributed by atoms with E-state index in [0.29, 0.717) is 11.9 Å². The van der Waals surface area contributed by atoms with Gasteiger partial charge in [-0.2, -0.15) is 4.98 Å². The maximum atomic E-state index is 4.45. The molecule has 6 heteroatoms. The van der Waals surface area contributed by atoms with E-state index in [0.717, 1.165) is 10.3 Å². The number of anilines is 2. The molecule has 0 saturated heterocycles. The Kier molecular flexibility index (Phi) is 4.76. The Labute approximate surface area is 125 Å². The summed E-state index contributed by atoms with van der Waals surface area (Å²) in [5.41, 5.74) is 0. The van der Waals surface area contributed by atoms with Crippen LogP contribution in [-0.2, 0) is 0 Å². The summed E-state index contributed by atoms with van der Waals surface area (Å²) in [7, 11) is 1.81. The number of rotatable bonds is 5. The van der Waals surface area contributed by atoms with E-state index in [1.54, 1.807) is 17.5 Å². The van der Waals surface area contributed by atoms with Crippen LogP contribution in [0.15, 0.2) is 28.2 Å². The van der Waals surface area contributed by atoms with Gasteiger partial charge in [0.05, 0.1) is 10.5 Å². The highest BCUT2D eigenvalue weighted by Gasteiger charge is 2.18. The van der Waals surface area contributed by atoms with E-state index in [1.165, 1.54) is 4.88 Å². The summed E-state index contributed by atoms with van der Waals surface area (Å²) >= 11 is 5.25. The third kappa shape index (κ3) is 3.45. The molecule has 0 aliphatic carbocycles. The van der Waals surface area contributed by atoms with Crippen molar-refractivity contribution < 1.29 is 0 Å². The molecule has 1 unspecified atom stereocenters. The zero-order valence-corrected chi connectivity index (χ0v) is 13.5. The van der Waals surface area contributed by atoms with Gasteiger partial charge in [0, 0.05) is 18.1 Å². The van der Waals surface area contributed by atoms with Gasteiger partial charge in [-0.05, 0) is 33.3 Å². The summed E-state index contributed by atoms with van der Waals surface area (Å²) in [5.74, 6) is 1.89. The number of nitrogens with one attached hydrogen (secondary N) is 2. The van der Waals surface area contributed by atoms with Gasteiger partial charge in [0.1, 0.15) is 5.82 Å². The van der Waals surface area contributed by atoms with Crippen molar-refractivity contribution in [3.63, 3.8) is 0 Å². The van der Waals surface area contributed by atoms with Crippen LogP contribution in [0, 0.1) is 5.92 Å². The Balaban J connectivity index is 2.27. The van der Waals surface area contributed by atoms with Crippen molar-refractivity contribution in [1.82, 2.24) is 9.97 Å². The quantitative estimate of drug-likeness (QED) is 0.858. The standard InChI is InChI=1S/C13H17BrN4S/c1-8(2)11(10-5-4-6-19-10)17-12-9(14)7-16-13(15-3)18-12/h4-8,11H,1-3H3,(H2,15,16,17,18). The first kappa shape index (κ1) is 14.3. The second-order valence-corrected chi connectivity index (χ2v) is 6.36. The van der Waals surface area contributed by atoms with Crippen LogP contribution < -0.4 is 10.6 Å². The van der Waals surface area contributed by atoms with Crippen LogP contribution in [0.1, 0.15) is 24.8 Å². The first-order valence-electron chi connectivity index (χ1n) is 6.12.